The molecule has 12 rings (SSSR count). The van der Waals surface area contributed by atoms with Crippen molar-refractivity contribution in [1.29, 1.82) is 0 Å². The van der Waals surface area contributed by atoms with Crippen LogP contribution in [0.4, 0.5) is 0 Å². The molecule has 0 atom stereocenters. The van der Waals surface area contributed by atoms with Crippen LogP contribution < -0.4 is 0 Å². The van der Waals surface area contributed by atoms with Gasteiger partial charge in [-0.1, -0.05) is 170 Å². The fourth-order valence-electron chi connectivity index (χ4n) is 9.56. The molecule has 0 unspecified atom stereocenters. The second-order valence-corrected chi connectivity index (χ2v) is 15.9. The fourth-order valence-corrected chi connectivity index (χ4v) is 10.7. The zero-order valence-corrected chi connectivity index (χ0v) is 31.1. The van der Waals surface area contributed by atoms with Gasteiger partial charge < -0.3 is 0 Å². The van der Waals surface area contributed by atoms with Gasteiger partial charge in [-0.2, -0.15) is 0 Å². The molecule has 2 aliphatic rings. The lowest BCUT2D eigenvalue weighted by molar-refractivity contribution is 0.775. The van der Waals surface area contributed by atoms with Crippen molar-refractivity contribution in [3.05, 3.63) is 216 Å². The van der Waals surface area contributed by atoms with Crippen LogP contribution in [0.1, 0.15) is 22.3 Å². The summed E-state index contributed by atoms with van der Waals surface area (Å²) in [4.78, 5) is 10.6. The minimum Gasteiger partial charge on any atom is -0.228 e. The molecular formula is C53H32N2S. The summed E-state index contributed by atoms with van der Waals surface area (Å²) in [5.74, 6) is 0.716. The van der Waals surface area contributed by atoms with Gasteiger partial charge in [0.25, 0.3) is 0 Å². The van der Waals surface area contributed by atoms with Gasteiger partial charge in [0.05, 0.1) is 16.8 Å². The Morgan fingerprint density at radius 1 is 0.321 bits per heavy atom. The Balaban J connectivity index is 1.10. The van der Waals surface area contributed by atoms with Crippen LogP contribution in [0, 0.1) is 0 Å². The Morgan fingerprint density at radius 3 is 1.50 bits per heavy atom. The molecule has 0 aliphatic heterocycles. The first-order chi connectivity index (χ1) is 27.8. The van der Waals surface area contributed by atoms with Crippen molar-refractivity contribution in [3.8, 4) is 67.3 Å². The Bertz CT molecular complexity index is 3140. The van der Waals surface area contributed by atoms with E-state index < -0.39 is 5.41 Å². The zero-order valence-electron chi connectivity index (χ0n) is 30.3. The molecule has 0 N–H and O–H groups in total. The molecule has 3 heteroatoms. The molecule has 0 saturated carbocycles. The molecule has 2 aliphatic carbocycles. The smallest absolute Gasteiger partial charge is 0.160 e. The zero-order chi connectivity index (χ0) is 36.8. The molecule has 1 spiro atoms. The maximum absolute atomic E-state index is 5.35. The average Bonchev–Trinajstić information content (AvgIpc) is 3.76. The average molecular weight is 729 g/mol. The Kier molecular flexibility index (Phi) is 6.75. The van der Waals surface area contributed by atoms with Crippen molar-refractivity contribution in [3.63, 3.8) is 0 Å². The Hall–Kier alpha value is -6.94. The van der Waals surface area contributed by atoms with Crippen molar-refractivity contribution in [2.24, 2.45) is 0 Å². The van der Waals surface area contributed by atoms with Crippen molar-refractivity contribution in [2.75, 3.05) is 0 Å². The number of fused-ring (bicyclic) bond motifs is 15. The first-order valence-corrected chi connectivity index (χ1v) is 20.0. The van der Waals surface area contributed by atoms with Gasteiger partial charge in [0.15, 0.2) is 5.82 Å². The molecule has 0 fully saturated rings. The second kappa shape index (κ2) is 12.0. The largest absolute Gasteiger partial charge is 0.228 e. The van der Waals surface area contributed by atoms with Crippen molar-refractivity contribution in [1.82, 2.24) is 9.97 Å². The maximum atomic E-state index is 5.35. The topological polar surface area (TPSA) is 25.8 Å². The molecule has 0 radical (unpaired) electrons. The monoisotopic (exact) mass is 728 g/mol. The van der Waals surface area contributed by atoms with E-state index in [-0.39, 0.29) is 0 Å². The summed E-state index contributed by atoms with van der Waals surface area (Å²) in [6, 6.07) is 70.9. The van der Waals surface area contributed by atoms with Crippen LogP contribution in [-0.4, -0.2) is 9.97 Å². The van der Waals surface area contributed by atoms with E-state index in [1.54, 1.807) is 0 Å². The van der Waals surface area contributed by atoms with Crippen LogP contribution in [0.5, 0.6) is 0 Å². The number of rotatable bonds is 3. The highest BCUT2D eigenvalue weighted by Crippen LogP contribution is 2.61. The Labute approximate surface area is 329 Å². The molecule has 56 heavy (non-hydrogen) atoms. The van der Waals surface area contributed by atoms with Gasteiger partial charge in [0, 0.05) is 36.9 Å². The molecule has 2 aromatic heterocycles. The third-order valence-electron chi connectivity index (χ3n) is 11.9. The highest BCUT2D eigenvalue weighted by Gasteiger charge is 2.49. The predicted octanol–water partition coefficient (Wildman–Crippen LogP) is 13.9. The molecule has 2 nitrogen and oxygen atoms in total. The third-order valence-corrected chi connectivity index (χ3v) is 13.1. The van der Waals surface area contributed by atoms with Crippen LogP contribution in [-0.2, 0) is 5.41 Å². The number of aromatic nitrogens is 2. The van der Waals surface area contributed by atoms with Crippen molar-refractivity contribution >= 4 is 31.5 Å². The summed E-state index contributed by atoms with van der Waals surface area (Å²) in [6.07, 6.45) is 0. The second-order valence-electron chi connectivity index (χ2n) is 14.8. The van der Waals surface area contributed by atoms with E-state index in [4.69, 9.17) is 9.97 Å². The maximum Gasteiger partial charge on any atom is 0.160 e. The molecular weight excluding hydrogens is 697 g/mol. The van der Waals surface area contributed by atoms with Gasteiger partial charge in [-0.25, -0.2) is 9.97 Å². The van der Waals surface area contributed by atoms with Gasteiger partial charge in [-0.15, -0.1) is 11.3 Å². The van der Waals surface area contributed by atoms with Gasteiger partial charge in [-0.3, -0.25) is 0 Å². The standard InChI is InChI=1S/C53H32N2S/c1-2-14-33(15-3-1)48-32-49(34-26-28-42-41-21-9-13-25-50(41)56-51(42)31-34)55-52(54-48)35-27-29-47-43(30-35)40-20-8-12-24-46(40)53(47)44-22-10-6-18-38(44)36-16-4-5-17-37(36)39-19-7-11-23-45(39)53/h1-32H. The molecule has 2 heterocycles. The van der Waals surface area contributed by atoms with Crippen molar-refractivity contribution in [2.45, 2.75) is 5.41 Å². The molecule has 0 saturated heterocycles. The van der Waals surface area contributed by atoms with Gasteiger partial charge in [0.2, 0.25) is 0 Å². The van der Waals surface area contributed by atoms with Gasteiger partial charge in [-0.05, 0) is 79.9 Å². The molecule has 0 amide bonds. The predicted molar refractivity (Wildman–Crippen MR) is 233 cm³/mol. The van der Waals surface area contributed by atoms with Crippen LogP contribution in [0.2, 0.25) is 0 Å². The quantitative estimate of drug-likeness (QED) is 0.181. The highest BCUT2D eigenvalue weighted by atomic mass is 32.1. The van der Waals surface area contributed by atoms with Gasteiger partial charge >= 0.3 is 0 Å². The minimum atomic E-state index is -0.520. The number of benzene rings is 8. The van der Waals surface area contributed by atoms with Gasteiger partial charge in [0.1, 0.15) is 0 Å². The lowest BCUT2D eigenvalue weighted by atomic mass is 9.66. The normalized spacial score (nSPS) is 13.1. The van der Waals surface area contributed by atoms with E-state index in [1.165, 1.54) is 75.8 Å². The van der Waals surface area contributed by atoms with E-state index >= 15 is 0 Å². The number of thiophene rings is 1. The van der Waals surface area contributed by atoms with Crippen LogP contribution >= 0.6 is 11.3 Å². The molecule has 260 valence electrons. The summed E-state index contributed by atoms with van der Waals surface area (Å²) in [6.45, 7) is 0. The van der Waals surface area contributed by atoms with E-state index in [0.717, 1.165) is 28.1 Å². The van der Waals surface area contributed by atoms with Crippen LogP contribution in [0.25, 0.3) is 87.5 Å². The summed E-state index contributed by atoms with van der Waals surface area (Å²) in [5, 5.41) is 2.58. The van der Waals surface area contributed by atoms with Crippen LogP contribution in [0.3, 0.4) is 0 Å². The van der Waals surface area contributed by atoms with E-state index in [9.17, 15) is 0 Å². The SMILES string of the molecule is c1ccc(-c2cc(-c3ccc4c(c3)sc3ccccc34)nc(-c3ccc4c(c3)-c3ccccc3C43c4ccccc4-c4ccccc4-c4ccccc43)n2)cc1. The lowest BCUT2D eigenvalue weighted by Gasteiger charge is -2.35. The number of hydrogen-bond acceptors (Lipinski definition) is 3. The minimum absolute atomic E-state index is 0.520. The highest BCUT2D eigenvalue weighted by molar-refractivity contribution is 7.25. The summed E-state index contributed by atoms with van der Waals surface area (Å²) >= 11 is 1.83. The third kappa shape index (κ3) is 4.43. The number of hydrogen-bond donors (Lipinski definition) is 0. The Morgan fingerprint density at radius 2 is 0.821 bits per heavy atom. The van der Waals surface area contributed by atoms with Crippen LogP contribution in [0.15, 0.2) is 194 Å². The first-order valence-electron chi connectivity index (χ1n) is 19.2. The summed E-state index contributed by atoms with van der Waals surface area (Å²) in [5.41, 5.74) is 17.2. The van der Waals surface area contributed by atoms with E-state index in [0.29, 0.717) is 5.82 Å². The van der Waals surface area contributed by atoms with E-state index in [2.05, 4.69) is 194 Å². The first kappa shape index (κ1) is 31.4. The van der Waals surface area contributed by atoms with Crippen molar-refractivity contribution < 1.29 is 0 Å². The number of nitrogens with zero attached hydrogens (tertiary/aromatic N) is 2. The van der Waals surface area contributed by atoms with E-state index in [1.807, 2.05) is 11.3 Å². The summed E-state index contributed by atoms with van der Waals surface area (Å²) < 4.78 is 2.56. The molecule has 10 aromatic rings. The summed E-state index contributed by atoms with van der Waals surface area (Å²) in [7, 11) is 0. The molecule has 0 bridgehead atoms. The molecule has 8 aromatic carbocycles. The lowest BCUT2D eigenvalue weighted by Crippen LogP contribution is -2.29. The fraction of sp³-hybridized carbons (Fsp3) is 0.0189.